The molecule has 0 fully saturated rings. The lowest BCUT2D eigenvalue weighted by molar-refractivity contribution is 0.309. The number of unbranched alkanes of at least 4 members (excludes halogenated alkanes) is 5. The van der Waals surface area contributed by atoms with Crippen LogP contribution in [0, 0.1) is 5.82 Å². The van der Waals surface area contributed by atoms with Crippen molar-refractivity contribution in [2.75, 3.05) is 6.61 Å². The molecular weight excluding hydrogens is 319 g/mol. The summed E-state index contributed by atoms with van der Waals surface area (Å²) in [6, 6.07) is 5.04. The lowest BCUT2D eigenvalue weighted by Gasteiger charge is -2.08. The molecule has 2 rings (SSSR count). The molecule has 0 atom stereocenters. The normalized spacial score (nSPS) is 11.0. The predicted molar refractivity (Wildman–Crippen MR) is 99.8 cm³/mol. The zero-order chi connectivity index (χ0) is 18.1. The van der Waals surface area contributed by atoms with Gasteiger partial charge in [0, 0.05) is 6.42 Å². The maximum Gasteiger partial charge on any atom is 0.346 e. The molecule has 0 radical (unpaired) electrons. The van der Waals surface area contributed by atoms with Crippen molar-refractivity contribution in [3.05, 3.63) is 52.9 Å². The van der Waals surface area contributed by atoms with Crippen molar-refractivity contribution in [3.8, 4) is 5.75 Å². The lowest BCUT2D eigenvalue weighted by atomic mass is 10.1. The molecule has 3 nitrogen and oxygen atoms in total. The van der Waals surface area contributed by atoms with Crippen LogP contribution in [0.5, 0.6) is 5.75 Å². The van der Waals surface area contributed by atoms with Gasteiger partial charge in [0.05, 0.1) is 6.61 Å². The van der Waals surface area contributed by atoms with E-state index >= 15 is 0 Å². The van der Waals surface area contributed by atoms with Gasteiger partial charge in [0.25, 0.3) is 0 Å². The quantitative estimate of drug-likeness (QED) is 0.382. The van der Waals surface area contributed by atoms with Crippen LogP contribution in [0.4, 0.5) is 4.39 Å². The summed E-state index contributed by atoms with van der Waals surface area (Å²) in [6.07, 6.45) is 10.0. The van der Waals surface area contributed by atoms with Crippen molar-refractivity contribution >= 4 is 10.8 Å². The second-order valence-electron chi connectivity index (χ2n) is 6.29. The van der Waals surface area contributed by atoms with E-state index in [2.05, 4.69) is 13.5 Å². The van der Waals surface area contributed by atoms with Gasteiger partial charge in [-0.1, -0.05) is 51.2 Å². The summed E-state index contributed by atoms with van der Waals surface area (Å²) in [5, 5.41) is 0.522. The maximum absolute atomic E-state index is 14.5. The van der Waals surface area contributed by atoms with E-state index in [1.54, 1.807) is 24.3 Å². The van der Waals surface area contributed by atoms with Crippen LogP contribution >= 0.6 is 0 Å². The van der Waals surface area contributed by atoms with Crippen LogP contribution < -0.4 is 10.4 Å². The summed E-state index contributed by atoms with van der Waals surface area (Å²) in [4.78, 5) is 12.2. The molecule has 2 aromatic rings. The Labute approximate surface area is 148 Å². The smallest absolute Gasteiger partial charge is 0.346 e. The molecule has 0 aliphatic heterocycles. The monoisotopic (exact) mass is 346 g/mol. The Hall–Kier alpha value is -2.10. The first-order valence-corrected chi connectivity index (χ1v) is 9.16. The Kier molecular flexibility index (Phi) is 7.71. The van der Waals surface area contributed by atoms with Gasteiger partial charge in [-0.3, -0.25) is 0 Å². The highest BCUT2D eigenvalue weighted by Crippen LogP contribution is 2.25. The summed E-state index contributed by atoms with van der Waals surface area (Å²) in [6.45, 7) is 6.11. The Morgan fingerprint density at radius 3 is 2.72 bits per heavy atom. The van der Waals surface area contributed by atoms with Crippen molar-refractivity contribution in [1.29, 1.82) is 0 Å². The summed E-state index contributed by atoms with van der Waals surface area (Å²) in [7, 11) is 0. The van der Waals surface area contributed by atoms with Gasteiger partial charge in [0.15, 0.2) is 11.6 Å². The first kappa shape index (κ1) is 19.2. The summed E-state index contributed by atoms with van der Waals surface area (Å²) >= 11 is 0. The molecule has 0 aliphatic rings. The molecule has 0 unspecified atom stereocenters. The molecule has 1 aromatic heterocycles. The molecule has 1 heterocycles. The van der Waals surface area contributed by atoms with Gasteiger partial charge < -0.3 is 9.15 Å². The van der Waals surface area contributed by atoms with Gasteiger partial charge in [-0.2, -0.15) is 0 Å². The van der Waals surface area contributed by atoms with Gasteiger partial charge in [-0.05, 0) is 30.4 Å². The fourth-order valence-corrected chi connectivity index (χ4v) is 2.84. The fourth-order valence-electron chi connectivity index (χ4n) is 2.84. The first-order valence-electron chi connectivity index (χ1n) is 9.16. The third-order valence-electron chi connectivity index (χ3n) is 4.24. The summed E-state index contributed by atoms with van der Waals surface area (Å²) < 4.78 is 25.2. The molecule has 1 aromatic carbocycles. The second-order valence-corrected chi connectivity index (χ2v) is 6.29. The Morgan fingerprint density at radius 1 is 1.20 bits per heavy atom. The number of benzene rings is 1. The third kappa shape index (κ3) is 5.45. The average molecular weight is 346 g/mol. The number of aryl methyl sites for hydroxylation is 1. The van der Waals surface area contributed by atoms with E-state index in [1.165, 1.54) is 25.7 Å². The van der Waals surface area contributed by atoms with E-state index in [4.69, 9.17) is 9.15 Å². The van der Waals surface area contributed by atoms with Gasteiger partial charge in [0.2, 0.25) is 0 Å². The topological polar surface area (TPSA) is 39.4 Å². The predicted octanol–water partition coefficient (Wildman–Crippen LogP) is 5.79. The zero-order valence-corrected chi connectivity index (χ0v) is 15.0. The molecule has 0 N–H and O–H groups in total. The van der Waals surface area contributed by atoms with Crippen LogP contribution in [-0.4, -0.2) is 6.61 Å². The number of ether oxygens (including phenoxy) is 1. The minimum Gasteiger partial charge on any atom is -0.490 e. The van der Waals surface area contributed by atoms with Crippen molar-refractivity contribution in [2.45, 2.75) is 58.3 Å². The van der Waals surface area contributed by atoms with E-state index in [0.29, 0.717) is 30.6 Å². The minimum absolute atomic E-state index is 0.0391. The van der Waals surface area contributed by atoms with Crippen LogP contribution in [0.3, 0.4) is 0 Å². The molecule has 0 spiro atoms. The number of hydrogen-bond acceptors (Lipinski definition) is 3. The summed E-state index contributed by atoms with van der Waals surface area (Å²) in [5.74, 6) is 0.0412. The van der Waals surface area contributed by atoms with E-state index < -0.39 is 11.4 Å². The summed E-state index contributed by atoms with van der Waals surface area (Å²) in [5.41, 5.74) is -0.634. The largest absolute Gasteiger partial charge is 0.490 e. The highest BCUT2D eigenvalue weighted by atomic mass is 19.1. The van der Waals surface area contributed by atoms with Crippen LogP contribution in [-0.2, 0) is 6.42 Å². The van der Waals surface area contributed by atoms with Crippen molar-refractivity contribution in [2.24, 2.45) is 0 Å². The van der Waals surface area contributed by atoms with E-state index in [-0.39, 0.29) is 11.1 Å². The Balaban J connectivity index is 2.07. The lowest BCUT2D eigenvalue weighted by Crippen LogP contribution is -2.07. The maximum atomic E-state index is 14.5. The van der Waals surface area contributed by atoms with Crippen molar-refractivity contribution in [1.82, 2.24) is 0 Å². The molecule has 0 amide bonds. The third-order valence-corrected chi connectivity index (χ3v) is 4.24. The number of fused-ring (bicyclic) bond motifs is 1. The van der Waals surface area contributed by atoms with Crippen LogP contribution in [0.1, 0.15) is 57.6 Å². The Bertz CT molecular complexity index is 749. The number of rotatable bonds is 11. The SMILES string of the molecule is C=CCCOc1ccc2cc(CCCCCCCC)oc(=O)c2c1F. The van der Waals surface area contributed by atoms with E-state index in [0.717, 1.165) is 12.8 Å². The molecule has 0 saturated heterocycles. The molecule has 0 aliphatic carbocycles. The Morgan fingerprint density at radius 2 is 1.96 bits per heavy atom. The fraction of sp³-hybridized carbons (Fsp3) is 0.476. The minimum atomic E-state index is -0.651. The molecular formula is C21H27FO3. The molecule has 0 bridgehead atoms. The van der Waals surface area contributed by atoms with Crippen LogP contribution in [0.15, 0.2) is 40.1 Å². The second kappa shape index (κ2) is 10.0. The zero-order valence-electron chi connectivity index (χ0n) is 15.0. The number of halogens is 1. The highest BCUT2D eigenvalue weighted by molar-refractivity contribution is 5.83. The van der Waals surface area contributed by atoms with Gasteiger partial charge in [-0.15, -0.1) is 6.58 Å². The molecule has 4 heteroatoms. The van der Waals surface area contributed by atoms with Gasteiger partial charge >= 0.3 is 5.63 Å². The number of hydrogen-bond donors (Lipinski definition) is 0. The molecule has 136 valence electrons. The van der Waals surface area contributed by atoms with Crippen molar-refractivity contribution in [3.63, 3.8) is 0 Å². The van der Waals surface area contributed by atoms with Gasteiger partial charge in [0.1, 0.15) is 11.1 Å². The van der Waals surface area contributed by atoms with Crippen molar-refractivity contribution < 1.29 is 13.5 Å². The van der Waals surface area contributed by atoms with Gasteiger partial charge in [-0.25, -0.2) is 9.18 Å². The average Bonchev–Trinajstić information content (AvgIpc) is 2.60. The standard InChI is InChI=1S/C21H27FO3/c1-3-5-7-8-9-10-11-17-15-16-12-13-18(24-14-6-4-2)20(22)19(16)21(23)25-17/h4,12-13,15H,2-3,5-11,14H2,1H3. The van der Waals surface area contributed by atoms with Crippen LogP contribution in [0.25, 0.3) is 10.8 Å². The van der Waals surface area contributed by atoms with E-state index in [9.17, 15) is 9.18 Å². The van der Waals surface area contributed by atoms with E-state index in [1.807, 2.05) is 0 Å². The molecule has 0 saturated carbocycles. The molecule has 25 heavy (non-hydrogen) atoms. The first-order chi connectivity index (χ1) is 12.2. The highest BCUT2D eigenvalue weighted by Gasteiger charge is 2.14. The van der Waals surface area contributed by atoms with Crippen LogP contribution in [0.2, 0.25) is 0 Å².